The molecule has 4 heteroatoms. The van der Waals surface area contributed by atoms with Gasteiger partial charge in [0.15, 0.2) is 0 Å². The number of nitrogens with one attached hydrogen (secondary N) is 2. The Bertz CT molecular complexity index is 340. The molecule has 0 fully saturated rings. The number of anilines is 1. The van der Waals surface area contributed by atoms with Crippen LogP contribution in [0.15, 0.2) is 22.7 Å². The molecule has 2 rings (SSSR count). The van der Waals surface area contributed by atoms with Crippen molar-refractivity contribution in [1.82, 2.24) is 5.32 Å². The summed E-state index contributed by atoms with van der Waals surface area (Å²) in [5.74, 6) is 0. The molecule has 0 spiro atoms. The van der Waals surface area contributed by atoms with Crippen molar-refractivity contribution >= 4 is 27.9 Å². The molecule has 0 radical (unpaired) electrons. The molecule has 13 heavy (non-hydrogen) atoms. The second-order valence-electron chi connectivity index (χ2n) is 2.90. The topological polar surface area (TPSA) is 41.1 Å². The minimum atomic E-state index is -0.186. The Kier molecular flexibility index (Phi) is 2.33. The van der Waals surface area contributed by atoms with Gasteiger partial charge in [-0.05, 0) is 18.2 Å². The van der Waals surface area contributed by atoms with Gasteiger partial charge in [0.1, 0.15) is 6.29 Å². The van der Waals surface area contributed by atoms with Crippen LogP contribution in [0.25, 0.3) is 0 Å². The molecule has 1 aromatic rings. The molecule has 0 saturated heterocycles. The molecule has 1 aliphatic heterocycles. The van der Waals surface area contributed by atoms with Crippen LogP contribution in [0.2, 0.25) is 0 Å². The number of aldehydes is 1. The minimum absolute atomic E-state index is 0.186. The largest absolute Gasteiger partial charge is 0.372 e. The van der Waals surface area contributed by atoms with Crippen LogP contribution < -0.4 is 10.6 Å². The van der Waals surface area contributed by atoms with Crippen LogP contribution >= 0.6 is 15.9 Å². The zero-order chi connectivity index (χ0) is 9.26. The van der Waals surface area contributed by atoms with Crippen LogP contribution in [0.3, 0.4) is 0 Å². The van der Waals surface area contributed by atoms with Crippen molar-refractivity contribution < 1.29 is 4.79 Å². The Morgan fingerprint density at radius 3 is 3.15 bits per heavy atom. The Hall–Kier alpha value is -0.870. The number of halogens is 1. The summed E-state index contributed by atoms with van der Waals surface area (Å²) in [6.45, 7) is 0.637. The second-order valence-corrected chi connectivity index (χ2v) is 3.82. The van der Waals surface area contributed by atoms with E-state index < -0.39 is 0 Å². The summed E-state index contributed by atoms with van der Waals surface area (Å²) in [6.07, 6.45) is 0.923. The summed E-state index contributed by atoms with van der Waals surface area (Å²) in [5, 5.41) is 6.22. The predicted molar refractivity (Wildman–Crippen MR) is 54.6 cm³/mol. The van der Waals surface area contributed by atoms with E-state index in [4.69, 9.17) is 0 Å². The Morgan fingerprint density at radius 2 is 2.38 bits per heavy atom. The number of carbonyl (C=O) groups is 1. The number of rotatable bonds is 1. The molecule has 1 unspecified atom stereocenters. The highest BCUT2D eigenvalue weighted by molar-refractivity contribution is 9.10. The fraction of sp³-hybridized carbons (Fsp3) is 0.222. The molecule has 0 bridgehead atoms. The van der Waals surface area contributed by atoms with Gasteiger partial charge in [-0.1, -0.05) is 15.9 Å². The van der Waals surface area contributed by atoms with E-state index in [1.165, 1.54) is 0 Å². The molecule has 3 nitrogen and oxygen atoms in total. The van der Waals surface area contributed by atoms with E-state index >= 15 is 0 Å². The average molecular weight is 241 g/mol. The van der Waals surface area contributed by atoms with Crippen molar-refractivity contribution in [2.24, 2.45) is 0 Å². The number of hydrogen-bond acceptors (Lipinski definition) is 3. The van der Waals surface area contributed by atoms with Crippen molar-refractivity contribution in [3.8, 4) is 0 Å². The Balaban J connectivity index is 2.47. The average Bonchev–Trinajstić information content (AvgIpc) is 2.17. The summed E-state index contributed by atoms with van der Waals surface area (Å²) >= 11 is 3.38. The van der Waals surface area contributed by atoms with E-state index in [1.807, 2.05) is 18.2 Å². The molecular formula is C9H9BrN2O. The third kappa shape index (κ3) is 1.59. The van der Waals surface area contributed by atoms with Gasteiger partial charge in [-0.25, -0.2) is 0 Å². The fourth-order valence-electron chi connectivity index (χ4n) is 1.44. The maximum atomic E-state index is 10.7. The summed E-state index contributed by atoms with van der Waals surface area (Å²) in [6, 6.07) is 5.69. The molecule has 2 N–H and O–H groups in total. The first-order valence-electron chi connectivity index (χ1n) is 4.03. The molecule has 68 valence electrons. The summed E-state index contributed by atoms with van der Waals surface area (Å²) in [4.78, 5) is 10.7. The van der Waals surface area contributed by atoms with Gasteiger partial charge in [-0.3, -0.25) is 5.32 Å². The van der Waals surface area contributed by atoms with Crippen LogP contribution in [-0.4, -0.2) is 13.0 Å². The highest BCUT2D eigenvalue weighted by Gasteiger charge is 2.18. The van der Waals surface area contributed by atoms with Gasteiger partial charge < -0.3 is 10.1 Å². The van der Waals surface area contributed by atoms with E-state index in [9.17, 15) is 4.79 Å². The van der Waals surface area contributed by atoms with E-state index in [1.54, 1.807) is 0 Å². The van der Waals surface area contributed by atoms with Crippen molar-refractivity contribution in [3.05, 3.63) is 28.2 Å². The van der Waals surface area contributed by atoms with Gasteiger partial charge in [-0.2, -0.15) is 0 Å². The lowest BCUT2D eigenvalue weighted by atomic mass is 10.0. The first kappa shape index (κ1) is 8.72. The summed E-state index contributed by atoms with van der Waals surface area (Å²) in [5.41, 5.74) is 2.02. The fourth-order valence-corrected chi connectivity index (χ4v) is 1.82. The molecule has 0 amide bonds. The van der Waals surface area contributed by atoms with Crippen LogP contribution in [0.4, 0.5) is 5.69 Å². The van der Waals surface area contributed by atoms with E-state index in [2.05, 4.69) is 26.6 Å². The standard InChI is InChI=1S/C9H9BrN2O/c10-6-1-2-8-7(3-6)9(4-13)12-5-11-8/h1-4,9,11-12H,5H2. The molecule has 0 aromatic heterocycles. The van der Waals surface area contributed by atoms with Gasteiger partial charge in [0.25, 0.3) is 0 Å². The molecule has 0 aliphatic carbocycles. The van der Waals surface area contributed by atoms with Crippen molar-refractivity contribution in [2.75, 3.05) is 12.0 Å². The lowest BCUT2D eigenvalue weighted by Crippen LogP contribution is -2.33. The van der Waals surface area contributed by atoms with E-state index in [-0.39, 0.29) is 6.04 Å². The first-order valence-corrected chi connectivity index (χ1v) is 4.82. The molecule has 1 aromatic carbocycles. The van der Waals surface area contributed by atoms with Gasteiger partial charge in [0.2, 0.25) is 0 Å². The lowest BCUT2D eigenvalue weighted by Gasteiger charge is -2.24. The van der Waals surface area contributed by atoms with Crippen LogP contribution in [0, 0.1) is 0 Å². The van der Waals surface area contributed by atoms with Gasteiger partial charge in [0, 0.05) is 15.7 Å². The van der Waals surface area contributed by atoms with Crippen LogP contribution in [-0.2, 0) is 4.79 Å². The number of benzene rings is 1. The minimum Gasteiger partial charge on any atom is -0.372 e. The number of fused-ring (bicyclic) bond motifs is 1. The normalized spacial score (nSPS) is 20.2. The summed E-state index contributed by atoms with van der Waals surface area (Å²) < 4.78 is 0.989. The lowest BCUT2D eigenvalue weighted by molar-refractivity contribution is -0.109. The van der Waals surface area contributed by atoms with Gasteiger partial charge in [-0.15, -0.1) is 0 Å². The molecule has 0 saturated carbocycles. The van der Waals surface area contributed by atoms with Gasteiger partial charge >= 0.3 is 0 Å². The molecule has 1 heterocycles. The quantitative estimate of drug-likeness (QED) is 0.734. The zero-order valence-electron chi connectivity index (χ0n) is 6.88. The number of carbonyl (C=O) groups excluding carboxylic acids is 1. The van der Waals surface area contributed by atoms with E-state index in [0.717, 1.165) is 22.0 Å². The van der Waals surface area contributed by atoms with E-state index in [0.29, 0.717) is 6.67 Å². The highest BCUT2D eigenvalue weighted by Crippen LogP contribution is 2.27. The maximum Gasteiger partial charge on any atom is 0.141 e. The summed E-state index contributed by atoms with van der Waals surface area (Å²) in [7, 11) is 0. The van der Waals surface area contributed by atoms with Crippen molar-refractivity contribution in [2.45, 2.75) is 6.04 Å². The maximum absolute atomic E-state index is 10.7. The first-order chi connectivity index (χ1) is 6.31. The van der Waals surface area contributed by atoms with Crippen LogP contribution in [0.1, 0.15) is 11.6 Å². The zero-order valence-corrected chi connectivity index (χ0v) is 8.47. The molecule has 1 aliphatic rings. The Labute approximate surface area is 84.6 Å². The molecule has 1 atom stereocenters. The second kappa shape index (κ2) is 3.47. The van der Waals surface area contributed by atoms with Gasteiger partial charge in [0.05, 0.1) is 12.7 Å². The third-order valence-electron chi connectivity index (χ3n) is 2.09. The monoisotopic (exact) mass is 240 g/mol. The smallest absolute Gasteiger partial charge is 0.141 e. The Morgan fingerprint density at radius 1 is 1.54 bits per heavy atom. The highest BCUT2D eigenvalue weighted by atomic mass is 79.9. The van der Waals surface area contributed by atoms with Crippen LogP contribution in [0.5, 0.6) is 0 Å². The van der Waals surface area contributed by atoms with Crippen molar-refractivity contribution in [3.63, 3.8) is 0 Å². The predicted octanol–water partition coefficient (Wildman–Crippen LogP) is 1.66. The number of hydrogen-bond donors (Lipinski definition) is 2. The molecular weight excluding hydrogens is 232 g/mol. The SMILES string of the molecule is O=CC1NCNc2ccc(Br)cc21. The van der Waals surface area contributed by atoms with Crippen molar-refractivity contribution in [1.29, 1.82) is 0 Å². The third-order valence-corrected chi connectivity index (χ3v) is 2.58.